The van der Waals surface area contributed by atoms with Crippen molar-refractivity contribution in [3.63, 3.8) is 0 Å². The Labute approximate surface area is 149 Å². The van der Waals surface area contributed by atoms with Crippen LogP contribution >= 0.6 is 11.8 Å². The SMILES string of the molecule is CCn1c(S[C@@H](C)c2ccccc2)nc2c([nH]c3ccccc32)c1=O. The Morgan fingerprint density at radius 3 is 2.60 bits per heavy atom. The maximum absolute atomic E-state index is 12.9. The van der Waals surface area contributed by atoms with Gasteiger partial charge < -0.3 is 4.98 Å². The van der Waals surface area contributed by atoms with Crippen LogP contribution in [0.4, 0.5) is 0 Å². The fourth-order valence-electron chi connectivity index (χ4n) is 3.09. The summed E-state index contributed by atoms with van der Waals surface area (Å²) in [4.78, 5) is 21.0. The van der Waals surface area contributed by atoms with E-state index in [-0.39, 0.29) is 10.8 Å². The topological polar surface area (TPSA) is 50.7 Å². The predicted molar refractivity (Wildman–Crippen MR) is 104 cm³/mol. The first-order valence-electron chi connectivity index (χ1n) is 8.42. The van der Waals surface area contributed by atoms with Crippen LogP contribution in [0.2, 0.25) is 0 Å². The van der Waals surface area contributed by atoms with Crippen molar-refractivity contribution < 1.29 is 0 Å². The minimum Gasteiger partial charge on any atom is -0.349 e. The van der Waals surface area contributed by atoms with Gasteiger partial charge in [-0.15, -0.1) is 0 Å². The molecule has 126 valence electrons. The maximum Gasteiger partial charge on any atom is 0.278 e. The van der Waals surface area contributed by atoms with Crippen LogP contribution in [0.1, 0.15) is 24.7 Å². The summed E-state index contributed by atoms with van der Waals surface area (Å²) >= 11 is 1.63. The zero-order chi connectivity index (χ0) is 17.4. The molecule has 0 unspecified atom stereocenters. The van der Waals surface area contributed by atoms with Crippen molar-refractivity contribution in [2.45, 2.75) is 30.8 Å². The van der Waals surface area contributed by atoms with E-state index < -0.39 is 0 Å². The molecule has 2 aromatic heterocycles. The Kier molecular flexibility index (Phi) is 4.09. The number of aromatic nitrogens is 3. The number of rotatable bonds is 4. The average molecular weight is 349 g/mol. The van der Waals surface area contributed by atoms with Crippen molar-refractivity contribution in [3.8, 4) is 0 Å². The van der Waals surface area contributed by atoms with Crippen LogP contribution in [0, 0.1) is 0 Å². The lowest BCUT2D eigenvalue weighted by Gasteiger charge is -2.14. The molecule has 0 spiro atoms. The summed E-state index contributed by atoms with van der Waals surface area (Å²) in [6.45, 7) is 4.72. The molecule has 0 bridgehead atoms. The number of H-pyrrole nitrogens is 1. The Hall–Kier alpha value is -2.53. The number of fused-ring (bicyclic) bond motifs is 3. The molecule has 4 rings (SSSR count). The quantitative estimate of drug-likeness (QED) is 0.427. The van der Waals surface area contributed by atoms with Gasteiger partial charge in [0.25, 0.3) is 5.56 Å². The van der Waals surface area contributed by atoms with Gasteiger partial charge in [0.1, 0.15) is 11.0 Å². The van der Waals surface area contributed by atoms with Crippen LogP contribution in [-0.2, 0) is 6.54 Å². The normalized spacial score (nSPS) is 12.7. The summed E-state index contributed by atoms with van der Waals surface area (Å²) in [6, 6.07) is 18.2. The van der Waals surface area contributed by atoms with Crippen LogP contribution in [0.15, 0.2) is 64.5 Å². The molecule has 0 aliphatic heterocycles. The molecule has 0 aliphatic rings. The van der Waals surface area contributed by atoms with E-state index in [9.17, 15) is 4.79 Å². The van der Waals surface area contributed by atoms with E-state index in [0.29, 0.717) is 12.1 Å². The van der Waals surface area contributed by atoms with Gasteiger partial charge in [0, 0.05) is 22.7 Å². The van der Waals surface area contributed by atoms with Gasteiger partial charge in [-0.05, 0) is 25.5 Å². The zero-order valence-corrected chi connectivity index (χ0v) is 15.0. The zero-order valence-electron chi connectivity index (χ0n) is 14.2. The first-order chi connectivity index (χ1) is 12.2. The predicted octanol–water partition coefficient (Wildman–Crippen LogP) is 4.75. The molecule has 1 N–H and O–H groups in total. The van der Waals surface area contributed by atoms with Crippen molar-refractivity contribution in [1.29, 1.82) is 0 Å². The number of aromatic amines is 1. The van der Waals surface area contributed by atoms with Crippen LogP contribution in [0.3, 0.4) is 0 Å². The molecule has 0 radical (unpaired) electrons. The van der Waals surface area contributed by atoms with Gasteiger partial charge in [0.05, 0.1) is 0 Å². The molecule has 0 fully saturated rings. The summed E-state index contributed by atoms with van der Waals surface area (Å²) in [5.74, 6) is 0. The first kappa shape index (κ1) is 16.0. The highest BCUT2D eigenvalue weighted by Crippen LogP contribution is 2.34. The van der Waals surface area contributed by atoms with Crippen molar-refractivity contribution in [2.24, 2.45) is 0 Å². The van der Waals surface area contributed by atoms with Gasteiger partial charge in [-0.3, -0.25) is 9.36 Å². The monoisotopic (exact) mass is 349 g/mol. The molecule has 0 aliphatic carbocycles. The third kappa shape index (κ3) is 2.74. The van der Waals surface area contributed by atoms with Crippen molar-refractivity contribution in [3.05, 3.63) is 70.5 Å². The molecule has 0 saturated carbocycles. The number of para-hydroxylation sites is 1. The largest absolute Gasteiger partial charge is 0.349 e. The molecule has 5 heteroatoms. The van der Waals surface area contributed by atoms with E-state index in [0.717, 1.165) is 21.6 Å². The highest BCUT2D eigenvalue weighted by Gasteiger charge is 2.17. The molecule has 0 saturated heterocycles. The van der Waals surface area contributed by atoms with Crippen LogP contribution in [-0.4, -0.2) is 14.5 Å². The van der Waals surface area contributed by atoms with E-state index in [1.54, 1.807) is 16.3 Å². The van der Waals surface area contributed by atoms with Gasteiger partial charge in [0.2, 0.25) is 0 Å². The van der Waals surface area contributed by atoms with Crippen LogP contribution in [0.5, 0.6) is 0 Å². The number of hydrogen-bond donors (Lipinski definition) is 1. The van der Waals surface area contributed by atoms with Gasteiger partial charge in [-0.2, -0.15) is 0 Å². The van der Waals surface area contributed by atoms with Crippen molar-refractivity contribution in [1.82, 2.24) is 14.5 Å². The highest BCUT2D eigenvalue weighted by molar-refractivity contribution is 7.99. The number of thioether (sulfide) groups is 1. The van der Waals surface area contributed by atoms with Gasteiger partial charge in [-0.25, -0.2) is 4.98 Å². The summed E-state index contributed by atoms with van der Waals surface area (Å²) in [5.41, 5.74) is 3.51. The van der Waals surface area contributed by atoms with E-state index >= 15 is 0 Å². The lowest BCUT2D eigenvalue weighted by Crippen LogP contribution is -2.22. The first-order valence-corrected chi connectivity index (χ1v) is 9.30. The summed E-state index contributed by atoms with van der Waals surface area (Å²) in [7, 11) is 0. The van der Waals surface area contributed by atoms with Gasteiger partial charge in [-0.1, -0.05) is 60.3 Å². The van der Waals surface area contributed by atoms with Crippen LogP contribution in [0.25, 0.3) is 21.9 Å². The minimum atomic E-state index is -0.00791. The Morgan fingerprint density at radius 2 is 1.84 bits per heavy atom. The standard InChI is InChI=1S/C20H19N3OS/c1-3-23-19(24)18-17(15-11-7-8-12-16(15)21-18)22-20(23)25-13(2)14-9-5-4-6-10-14/h4-13,21H,3H2,1-2H3/t13-/m0/s1. The third-order valence-electron chi connectivity index (χ3n) is 4.44. The molecular weight excluding hydrogens is 330 g/mol. The molecule has 0 amide bonds. The second-order valence-corrected chi connectivity index (χ2v) is 7.32. The number of nitrogens with zero attached hydrogens (tertiary/aromatic N) is 2. The fourth-order valence-corrected chi connectivity index (χ4v) is 4.19. The Morgan fingerprint density at radius 1 is 1.12 bits per heavy atom. The molecular formula is C20H19N3OS. The van der Waals surface area contributed by atoms with Gasteiger partial charge in [0.15, 0.2) is 5.16 Å². The Balaban J connectivity index is 1.87. The Bertz CT molecular complexity index is 1100. The fraction of sp³-hybridized carbons (Fsp3) is 0.200. The molecule has 4 nitrogen and oxygen atoms in total. The summed E-state index contributed by atoms with van der Waals surface area (Å²) in [5, 5.41) is 1.97. The van der Waals surface area contributed by atoms with E-state index in [1.807, 2.05) is 49.4 Å². The summed E-state index contributed by atoms with van der Waals surface area (Å²) < 4.78 is 1.75. The average Bonchev–Trinajstić information content (AvgIpc) is 3.02. The molecule has 1 atom stereocenters. The molecule has 2 heterocycles. The molecule has 4 aromatic rings. The lowest BCUT2D eigenvalue weighted by molar-refractivity contribution is 0.632. The lowest BCUT2D eigenvalue weighted by atomic mass is 10.2. The third-order valence-corrected chi connectivity index (χ3v) is 5.59. The van der Waals surface area contributed by atoms with Crippen LogP contribution < -0.4 is 5.56 Å². The molecule has 25 heavy (non-hydrogen) atoms. The van der Waals surface area contributed by atoms with E-state index in [1.165, 1.54) is 5.56 Å². The van der Waals surface area contributed by atoms with Crippen molar-refractivity contribution in [2.75, 3.05) is 0 Å². The maximum atomic E-state index is 12.9. The highest BCUT2D eigenvalue weighted by atomic mass is 32.2. The summed E-state index contributed by atoms with van der Waals surface area (Å²) in [6.07, 6.45) is 0. The smallest absolute Gasteiger partial charge is 0.278 e. The second kappa shape index (κ2) is 6.41. The minimum absolute atomic E-state index is 0.00791. The van der Waals surface area contributed by atoms with E-state index in [2.05, 4.69) is 24.0 Å². The number of benzene rings is 2. The van der Waals surface area contributed by atoms with Crippen molar-refractivity contribution >= 4 is 33.7 Å². The number of nitrogens with one attached hydrogen (secondary N) is 1. The molecule has 2 aromatic carbocycles. The van der Waals surface area contributed by atoms with E-state index in [4.69, 9.17) is 4.98 Å². The number of hydrogen-bond acceptors (Lipinski definition) is 3. The van der Waals surface area contributed by atoms with Gasteiger partial charge >= 0.3 is 0 Å². The second-order valence-electron chi connectivity index (χ2n) is 6.01.